The van der Waals surface area contributed by atoms with E-state index in [-0.39, 0.29) is 11.5 Å². The molecule has 0 spiro atoms. The lowest BCUT2D eigenvalue weighted by atomic mass is 10.0. The number of nitrogens with zero attached hydrogens (tertiary/aromatic N) is 3. The fourth-order valence-corrected chi connectivity index (χ4v) is 4.16. The van der Waals surface area contributed by atoms with Gasteiger partial charge in [-0.3, -0.25) is 14.6 Å². The minimum Gasteiger partial charge on any atom is -0.291 e. The molecule has 1 aliphatic heterocycles. The number of benzene rings is 2. The molecule has 1 atom stereocenters. The van der Waals surface area contributed by atoms with Crippen molar-refractivity contribution in [2.75, 3.05) is 10.7 Å². The quantitative estimate of drug-likeness (QED) is 0.527. The minimum absolute atomic E-state index is 0.141. The third-order valence-corrected chi connectivity index (χ3v) is 5.54. The Hall–Kier alpha value is -2.64. The molecule has 4 rings (SSSR count). The second-order valence-corrected chi connectivity index (χ2v) is 8.01. The maximum absolute atomic E-state index is 13.0. The fraction of sp³-hybridized carbons (Fsp3) is 0.200. The zero-order chi connectivity index (χ0) is 19.8. The van der Waals surface area contributed by atoms with Crippen LogP contribution in [0, 0.1) is 0 Å². The Bertz CT molecular complexity index is 1110. The summed E-state index contributed by atoms with van der Waals surface area (Å²) < 4.78 is 1.64. The van der Waals surface area contributed by atoms with Crippen LogP contribution >= 0.6 is 23.4 Å². The van der Waals surface area contributed by atoms with Gasteiger partial charge in [-0.05, 0) is 46.8 Å². The predicted molar refractivity (Wildman–Crippen MR) is 110 cm³/mol. The molecule has 2 aromatic carbocycles. The Kier molecular flexibility index (Phi) is 4.95. The van der Waals surface area contributed by atoms with Gasteiger partial charge in [-0.2, -0.15) is 0 Å². The van der Waals surface area contributed by atoms with Crippen molar-refractivity contribution in [2.45, 2.75) is 25.2 Å². The summed E-state index contributed by atoms with van der Waals surface area (Å²) >= 11 is 7.50. The van der Waals surface area contributed by atoms with Crippen LogP contribution < -0.4 is 15.1 Å². The number of anilines is 1. The van der Waals surface area contributed by atoms with Crippen molar-refractivity contribution >= 4 is 35.0 Å². The second-order valence-electron chi connectivity index (χ2n) is 6.32. The molecule has 1 aromatic heterocycles. The predicted octanol–water partition coefficient (Wildman–Crippen LogP) is 3.40. The first kappa shape index (κ1) is 18.7. The van der Waals surface area contributed by atoms with Gasteiger partial charge in [0, 0.05) is 22.6 Å². The topological polar surface area (TPSA) is 69.9 Å². The molecule has 0 saturated heterocycles. The van der Waals surface area contributed by atoms with Gasteiger partial charge >= 0.3 is 11.3 Å². The standard InChI is InChI=1S/C20H17ClN4O2S/c1-3-28-20-22-18(27)17-15-6-4-5-7-16(15)24(12(2)26)19(25(17)23-20)13-8-10-14(21)11-9-13/h4-11,19H,3H2,1-2H3/p+1/t19-/m0/s1. The maximum atomic E-state index is 13.0. The Balaban J connectivity index is 2.06. The summed E-state index contributed by atoms with van der Waals surface area (Å²) in [5.74, 6) is 0.623. The van der Waals surface area contributed by atoms with E-state index in [0.29, 0.717) is 27.1 Å². The molecule has 2 heterocycles. The Labute approximate surface area is 171 Å². The number of aromatic nitrogens is 3. The van der Waals surface area contributed by atoms with Crippen molar-refractivity contribution in [3.63, 3.8) is 0 Å². The molecule has 0 unspecified atom stereocenters. The van der Waals surface area contributed by atoms with Crippen molar-refractivity contribution in [2.24, 2.45) is 0 Å². The molecular weight excluding hydrogens is 396 g/mol. The average Bonchev–Trinajstić information content (AvgIpc) is 2.67. The van der Waals surface area contributed by atoms with Gasteiger partial charge < -0.3 is 0 Å². The van der Waals surface area contributed by atoms with E-state index in [9.17, 15) is 9.59 Å². The third kappa shape index (κ3) is 3.10. The molecule has 0 bridgehead atoms. The van der Waals surface area contributed by atoms with Gasteiger partial charge in [0.05, 0.1) is 11.3 Å². The Morgan fingerprint density at radius 1 is 1.25 bits per heavy atom. The number of amides is 1. The molecule has 8 heteroatoms. The van der Waals surface area contributed by atoms with Crippen molar-refractivity contribution in [3.05, 3.63) is 69.5 Å². The maximum Gasteiger partial charge on any atom is 0.325 e. The zero-order valence-electron chi connectivity index (χ0n) is 15.3. The van der Waals surface area contributed by atoms with E-state index in [2.05, 4.69) is 10.1 Å². The molecule has 6 nitrogen and oxygen atoms in total. The largest absolute Gasteiger partial charge is 0.325 e. The van der Waals surface area contributed by atoms with E-state index >= 15 is 0 Å². The minimum atomic E-state index is -0.585. The number of nitrogens with one attached hydrogen (secondary N) is 1. The van der Waals surface area contributed by atoms with Crippen LogP contribution in [0.4, 0.5) is 5.69 Å². The molecule has 0 aliphatic carbocycles. The van der Waals surface area contributed by atoms with Crippen LogP contribution in [0.5, 0.6) is 0 Å². The molecule has 1 amide bonds. The molecule has 28 heavy (non-hydrogen) atoms. The summed E-state index contributed by atoms with van der Waals surface area (Å²) in [4.78, 5) is 30.2. The zero-order valence-corrected chi connectivity index (χ0v) is 16.9. The Morgan fingerprint density at radius 3 is 2.64 bits per heavy atom. The highest BCUT2D eigenvalue weighted by molar-refractivity contribution is 7.99. The summed E-state index contributed by atoms with van der Waals surface area (Å²) in [5.41, 5.74) is 2.35. The summed E-state index contributed by atoms with van der Waals surface area (Å²) in [7, 11) is 0. The highest BCUT2D eigenvalue weighted by atomic mass is 35.5. The van der Waals surface area contributed by atoms with Crippen molar-refractivity contribution in [1.29, 1.82) is 0 Å². The van der Waals surface area contributed by atoms with Gasteiger partial charge in [-0.15, -0.1) is 0 Å². The van der Waals surface area contributed by atoms with Crippen LogP contribution in [0.25, 0.3) is 11.3 Å². The first-order valence-electron chi connectivity index (χ1n) is 8.85. The van der Waals surface area contributed by atoms with Crippen LogP contribution in [0.1, 0.15) is 25.6 Å². The van der Waals surface area contributed by atoms with Gasteiger partial charge in [0.25, 0.3) is 6.17 Å². The first-order valence-corrected chi connectivity index (χ1v) is 10.2. The van der Waals surface area contributed by atoms with Gasteiger partial charge in [0.2, 0.25) is 11.1 Å². The molecular formula is C20H18ClN4O2S+. The van der Waals surface area contributed by atoms with Crippen LogP contribution in [0.3, 0.4) is 0 Å². The molecule has 1 aliphatic rings. The van der Waals surface area contributed by atoms with Crippen LogP contribution in [-0.4, -0.2) is 21.7 Å². The SMILES string of the molecule is CCSc1n[n+]2c(c(=O)[nH]1)-c1ccccc1N(C(C)=O)[C@@H]2c1ccc(Cl)cc1. The summed E-state index contributed by atoms with van der Waals surface area (Å²) in [6, 6.07) is 14.6. The van der Waals surface area contributed by atoms with Crippen molar-refractivity contribution in [3.8, 4) is 11.3 Å². The molecule has 142 valence electrons. The lowest BCUT2D eigenvalue weighted by molar-refractivity contribution is -0.763. The van der Waals surface area contributed by atoms with Gasteiger partial charge in [0.15, 0.2) is 0 Å². The number of fused-ring (bicyclic) bond motifs is 3. The lowest BCUT2D eigenvalue weighted by Crippen LogP contribution is -2.60. The van der Waals surface area contributed by atoms with Gasteiger partial charge in [-0.25, -0.2) is 4.90 Å². The second kappa shape index (κ2) is 7.41. The molecule has 0 radical (unpaired) electrons. The molecule has 3 aromatic rings. The number of hydrogen-bond acceptors (Lipinski definition) is 4. The molecule has 0 fully saturated rings. The van der Waals surface area contributed by atoms with E-state index in [1.165, 1.54) is 18.7 Å². The van der Waals surface area contributed by atoms with Gasteiger partial charge in [0.1, 0.15) is 0 Å². The average molecular weight is 414 g/mol. The number of para-hydroxylation sites is 1. The number of H-pyrrole nitrogens is 1. The van der Waals surface area contributed by atoms with E-state index in [4.69, 9.17) is 11.6 Å². The molecule has 1 N–H and O–H groups in total. The Morgan fingerprint density at radius 2 is 1.96 bits per heavy atom. The number of carbonyl (C=O) groups excluding carboxylic acids is 1. The number of halogens is 1. The van der Waals surface area contributed by atoms with Crippen LogP contribution in [0.15, 0.2) is 58.5 Å². The number of hydrogen-bond donors (Lipinski definition) is 1. The normalized spacial score (nSPS) is 15.1. The van der Waals surface area contributed by atoms with E-state index < -0.39 is 6.17 Å². The highest BCUT2D eigenvalue weighted by Crippen LogP contribution is 2.37. The summed E-state index contributed by atoms with van der Waals surface area (Å²) in [6.45, 7) is 3.50. The van der Waals surface area contributed by atoms with Crippen LogP contribution in [0.2, 0.25) is 5.02 Å². The molecule has 0 saturated carbocycles. The van der Waals surface area contributed by atoms with Crippen molar-refractivity contribution < 1.29 is 9.48 Å². The number of thioether (sulfide) groups is 1. The third-order valence-electron chi connectivity index (χ3n) is 4.55. The van der Waals surface area contributed by atoms with E-state index in [0.717, 1.165) is 11.3 Å². The number of rotatable bonds is 3. The van der Waals surface area contributed by atoms with E-state index in [1.54, 1.807) is 21.7 Å². The number of carbonyl (C=O) groups is 1. The number of aromatic amines is 1. The first-order chi connectivity index (χ1) is 13.5. The fourth-order valence-electron chi connectivity index (χ4n) is 3.45. The summed E-state index contributed by atoms with van der Waals surface area (Å²) in [6.07, 6.45) is -0.585. The van der Waals surface area contributed by atoms with Crippen molar-refractivity contribution in [1.82, 2.24) is 10.1 Å². The summed E-state index contributed by atoms with van der Waals surface area (Å²) in [5, 5.41) is 5.78. The smallest absolute Gasteiger partial charge is 0.291 e. The van der Waals surface area contributed by atoms with E-state index in [1.807, 2.05) is 43.3 Å². The monoisotopic (exact) mass is 413 g/mol. The lowest BCUT2D eigenvalue weighted by Gasteiger charge is -2.31. The van der Waals surface area contributed by atoms with Crippen LogP contribution in [-0.2, 0) is 4.79 Å². The highest BCUT2D eigenvalue weighted by Gasteiger charge is 2.44. The van der Waals surface area contributed by atoms with Gasteiger partial charge in [-0.1, -0.05) is 42.4 Å².